The number of hydrogen-bond donors (Lipinski definition) is 1. The minimum atomic E-state index is 0.504. The van der Waals surface area contributed by atoms with Crippen LogP contribution in [0.3, 0.4) is 0 Å². The zero-order valence-electron chi connectivity index (χ0n) is 14.1. The highest BCUT2D eigenvalue weighted by Crippen LogP contribution is 2.46. The predicted molar refractivity (Wildman–Crippen MR) is 84.4 cm³/mol. The van der Waals surface area contributed by atoms with Gasteiger partial charge in [-0.05, 0) is 54.8 Å². The minimum Gasteiger partial charge on any atom is -0.311 e. The van der Waals surface area contributed by atoms with Gasteiger partial charge in [-0.2, -0.15) is 0 Å². The molecule has 0 amide bonds. The monoisotopic (exact) mass is 265 g/mol. The highest BCUT2D eigenvalue weighted by Gasteiger charge is 2.39. The van der Waals surface area contributed by atoms with Crippen LogP contribution < -0.4 is 5.32 Å². The van der Waals surface area contributed by atoms with Crippen molar-refractivity contribution in [2.24, 2.45) is 16.2 Å². The minimum absolute atomic E-state index is 0.504. The zero-order valence-corrected chi connectivity index (χ0v) is 14.1. The Hall–Kier alpha value is -0.0400. The molecule has 0 saturated heterocycles. The number of nitrogens with one attached hydrogen (secondary N) is 1. The van der Waals surface area contributed by atoms with Crippen molar-refractivity contribution >= 4 is 0 Å². The second-order valence-electron chi connectivity index (χ2n) is 9.73. The normalized spacial score (nSPS) is 34.1. The van der Waals surface area contributed by atoms with Gasteiger partial charge in [0.2, 0.25) is 0 Å². The van der Waals surface area contributed by atoms with Gasteiger partial charge in [-0.3, -0.25) is 0 Å². The van der Waals surface area contributed by atoms with E-state index in [2.05, 4.69) is 46.9 Å². The van der Waals surface area contributed by atoms with Crippen molar-refractivity contribution in [3.8, 4) is 0 Å². The van der Waals surface area contributed by atoms with Crippen LogP contribution >= 0.6 is 0 Å². The Kier molecular flexibility index (Phi) is 4.09. The van der Waals surface area contributed by atoms with Crippen molar-refractivity contribution in [2.75, 3.05) is 0 Å². The molecule has 0 bridgehead atoms. The van der Waals surface area contributed by atoms with E-state index < -0.39 is 0 Å². The summed E-state index contributed by atoms with van der Waals surface area (Å²) in [7, 11) is 0. The summed E-state index contributed by atoms with van der Waals surface area (Å²) in [6.45, 7) is 14.7. The summed E-state index contributed by atoms with van der Waals surface area (Å²) in [4.78, 5) is 0. The van der Waals surface area contributed by atoms with E-state index in [9.17, 15) is 0 Å². The lowest BCUT2D eigenvalue weighted by Crippen LogP contribution is -2.49. The maximum absolute atomic E-state index is 4.02. The van der Waals surface area contributed by atoms with Gasteiger partial charge >= 0.3 is 0 Å². The standard InChI is InChI=1S/C18H35N/c1-16(2)9-7-8-14(10-16)19-15-11-17(3,4)13-18(5,6)12-15/h14-15,19H,7-13H2,1-6H3. The van der Waals surface area contributed by atoms with Crippen LogP contribution in [0.4, 0.5) is 0 Å². The second-order valence-corrected chi connectivity index (χ2v) is 9.73. The molecule has 1 unspecified atom stereocenters. The lowest BCUT2D eigenvalue weighted by molar-refractivity contribution is 0.0712. The van der Waals surface area contributed by atoms with Gasteiger partial charge in [0.05, 0.1) is 0 Å². The maximum Gasteiger partial charge on any atom is 0.00798 e. The van der Waals surface area contributed by atoms with E-state index in [-0.39, 0.29) is 0 Å². The lowest BCUT2D eigenvalue weighted by Gasteiger charge is -2.47. The molecule has 0 aliphatic heterocycles. The Morgan fingerprint density at radius 1 is 0.737 bits per heavy atom. The second kappa shape index (κ2) is 5.06. The van der Waals surface area contributed by atoms with Crippen LogP contribution in [0.5, 0.6) is 0 Å². The molecule has 0 spiro atoms. The molecule has 1 atom stereocenters. The van der Waals surface area contributed by atoms with Gasteiger partial charge in [0.15, 0.2) is 0 Å². The molecule has 2 saturated carbocycles. The van der Waals surface area contributed by atoms with Crippen molar-refractivity contribution in [3.05, 3.63) is 0 Å². The first-order valence-corrected chi connectivity index (χ1v) is 8.33. The van der Waals surface area contributed by atoms with Gasteiger partial charge in [0.25, 0.3) is 0 Å². The van der Waals surface area contributed by atoms with Crippen molar-refractivity contribution in [1.82, 2.24) is 5.32 Å². The molecule has 2 fully saturated rings. The fourth-order valence-corrected chi connectivity index (χ4v) is 5.14. The third-order valence-electron chi connectivity index (χ3n) is 5.23. The Balaban J connectivity index is 1.95. The fraction of sp³-hybridized carbons (Fsp3) is 1.00. The third-order valence-corrected chi connectivity index (χ3v) is 5.23. The highest BCUT2D eigenvalue weighted by molar-refractivity contribution is 4.94. The molecular weight excluding hydrogens is 230 g/mol. The zero-order chi connectivity index (χ0) is 14.3. The van der Waals surface area contributed by atoms with E-state index in [1.807, 2.05) is 0 Å². The average Bonchev–Trinajstić information content (AvgIpc) is 2.09. The molecule has 112 valence electrons. The Morgan fingerprint density at radius 3 is 1.79 bits per heavy atom. The van der Waals surface area contributed by atoms with E-state index in [4.69, 9.17) is 0 Å². The number of rotatable bonds is 2. The van der Waals surface area contributed by atoms with Gasteiger partial charge < -0.3 is 5.32 Å². The molecule has 0 heterocycles. The van der Waals surface area contributed by atoms with E-state index in [0.29, 0.717) is 16.2 Å². The van der Waals surface area contributed by atoms with Gasteiger partial charge in [0, 0.05) is 12.1 Å². The van der Waals surface area contributed by atoms with Crippen LogP contribution in [0.2, 0.25) is 0 Å². The van der Waals surface area contributed by atoms with Crippen LogP contribution in [0.1, 0.15) is 86.5 Å². The largest absolute Gasteiger partial charge is 0.311 e. The first-order chi connectivity index (χ1) is 8.57. The van der Waals surface area contributed by atoms with Crippen molar-refractivity contribution in [1.29, 1.82) is 0 Å². The molecule has 2 aliphatic rings. The maximum atomic E-state index is 4.02. The molecule has 0 aromatic rings. The summed E-state index contributed by atoms with van der Waals surface area (Å²) >= 11 is 0. The van der Waals surface area contributed by atoms with Crippen LogP contribution in [0, 0.1) is 16.2 Å². The van der Waals surface area contributed by atoms with Crippen LogP contribution in [-0.2, 0) is 0 Å². The summed E-state index contributed by atoms with van der Waals surface area (Å²) in [6, 6.07) is 1.50. The molecule has 2 rings (SSSR count). The van der Waals surface area contributed by atoms with Gasteiger partial charge in [0.1, 0.15) is 0 Å². The first kappa shape index (κ1) is 15.4. The molecule has 0 aromatic carbocycles. The first-order valence-electron chi connectivity index (χ1n) is 8.33. The molecule has 2 aliphatic carbocycles. The molecule has 19 heavy (non-hydrogen) atoms. The molecule has 0 aromatic heterocycles. The van der Waals surface area contributed by atoms with Crippen LogP contribution in [0.15, 0.2) is 0 Å². The quantitative estimate of drug-likeness (QED) is 0.728. The molecule has 1 N–H and O–H groups in total. The summed E-state index contributed by atoms with van der Waals surface area (Å²) in [5, 5.41) is 4.02. The van der Waals surface area contributed by atoms with E-state index in [1.165, 1.54) is 44.9 Å². The Labute approximate surface area is 120 Å². The average molecular weight is 265 g/mol. The van der Waals surface area contributed by atoms with Crippen molar-refractivity contribution in [3.63, 3.8) is 0 Å². The van der Waals surface area contributed by atoms with Gasteiger partial charge in [-0.1, -0.05) is 48.0 Å². The molecule has 1 heteroatoms. The summed E-state index contributed by atoms with van der Waals surface area (Å²) in [5.74, 6) is 0. The summed E-state index contributed by atoms with van der Waals surface area (Å²) in [6.07, 6.45) is 9.65. The fourth-order valence-electron chi connectivity index (χ4n) is 5.14. The van der Waals surface area contributed by atoms with Gasteiger partial charge in [-0.25, -0.2) is 0 Å². The number of hydrogen-bond acceptors (Lipinski definition) is 1. The topological polar surface area (TPSA) is 12.0 Å². The van der Waals surface area contributed by atoms with E-state index in [1.54, 1.807) is 0 Å². The Bertz CT molecular complexity index is 298. The van der Waals surface area contributed by atoms with Gasteiger partial charge in [-0.15, -0.1) is 0 Å². The summed E-state index contributed by atoms with van der Waals surface area (Å²) < 4.78 is 0. The van der Waals surface area contributed by atoms with Crippen LogP contribution in [0.25, 0.3) is 0 Å². The predicted octanol–water partition coefficient (Wildman–Crippen LogP) is 5.15. The van der Waals surface area contributed by atoms with Crippen molar-refractivity contribution < 1.29 is 0 Å². The SMILES string of the molecule is CC1(C)CCCC(NC2CC(C)(C)CC(C)(C)C2)C1. The summed E-state index contributed by atoms with van der Waals surface area (Å²) in [5.41, 5.74) is 1.56. The smallest absolute Gasteiger partial charge is 0.00798 e. The van der Waals surface area contributed by atoms with Crippen LogP contribution in [-0.4, -0.2) is 12.1 Å². The lowest BCUT2D eigenvalue weighted by atomic mass is 9.63. The van der Waals surface area contributed by atoms with E-state index >= 15 is 0 Å². The highest BCUT2D eigenvalue weighted by atomic mass is 15.0. The van der Waals surface area contributed by atoms with E-state index in [0.717, 1.165) is 12.1 Å². The molecule has 0 radical (unpaired) electrons. The molecular formula is C18H35N. The molecule has 1 nitrogen and oxygen atoms in total. The third kappa shape index (κ3) is 4.48. The Morgan fingerprint density at radius 2 is 1.26 bits per heavy atom. The van der Waals surface area contributed by atoms with Crippen molar-refractivity contribution in [2.45, 2.75) is 98.6 Å².